The molecule has 0 amide bonds. The zero-order valence-corrected chi connectivity index (χ0v) is 17.7. The molecular formula is C24H27NO6. The minimum absolute atomic E-state index is 0.0329. The highest BCUT2D eigenvalue weighted by Gasteiger charge is 2.17. The van der Waals surface area contributed by atoms with Crippen LogP contribution >= 0.6 is 0 Å². The van der Waals surface area contributed by atoms with Crippen LogP contribution in [0.2, 0.25) is 0 Å². The summed E-state index contributed by atoms with van der Waals surface area (Å²) in [7, 11) is 1.50. The molecule has 0 fully saturated rings. The summed E-state index contributed by atoms with van der Waals surface area (Å²) in [5.41, 5.74) is 1.28. The largest absolute Gasteiger partial charge is 0.508 e. The molecule has 2 aromatic carbocycles. The molecule has 3 aromatic rings. The Hall–Kier alpha value is -3.29. The van der Waals surface area contributed by atoms with Crippen molar-refractivity contribution in [3.8, 4) is 17.2 Å². The van der Waals surface area contributed by atoms with Crippen LogP contribution in [0.4, 0.5) is 0 Å². The van der Waals surface area contributed by atoms with E-state index in [1.807, 2.05) is 29.2 Å². The average molecular weight is 425 g/mol. The van der Waals surface area contributed by atoms with Gasteiger partial charge in [-0.2, -0.15) is 0 Å². The van der Waals surface area contributed by atoms with Crippen LogP contribution in [-0.2, 0) is 13.1 Å². The number of phenolic OH excluding ortho intramolecular Hbond substituents is 1. The number of carbonyl (C=O) groups is 1. The Labute approximate surface area is 181 Å². The first-order chi connectivity index (χ1) is 15.0. The number of furan rings is 1. The van der Waals surface area contributed by atoms with E-state index >= 15 is 0 Å². The summed E-state index contributed by atoms with van der Waals surface area (Å²) in [6.45, 7) is 2.71. The summed E-state index contributed by atoms with van der Waals surface area (Å²) in [5, 5.41) is 20.7. The molecule has 1 atom stereocenters. The topological polar surface area (TPSA) is 92.4 Å². The van der Waals surface area contributed by atoms with E-state index in [2.05, 4.69) is 0 Å². The van der Waals surface area contributed by atoms with Crippen molar-refractivity contribution in [3.05, 3.63) is 77.7 Å². The Kier molecular flexibility index (Phi) is 7.70. The molecule has 31 heavy (non-hydrogen) atoms. The van der Waals surface area contributed by atoms with Crippen LogP contribution in [0, 0.1) is 0 Å². The molecule has 1 aromatic heterocycles. The van der Waals surface area contributed by atoms with Gasteiger partial charge in [0.1, 0.15) is 24.2 Å². The fourth-order valence-corrected chi connectivity index (χ4v) is 3.24. The van der Waals surface area contributed by atoms with Gasteiger partial charge < -0.3 is 24.1 Å². The van der Waals surface area contributed by atoms with E-state index in [1.165, 1.54) is 14.0 Å². The molecule has 0 saturated heterocycles. The van der Waals surface area contributed by atoms with E-state index in [-0.39, 0.29) is 18.1 Å². The molecule has 0 spiro atoms. The number of hydrogen-bond donors (Lipinski definition) is 2. The number of methoxy groups -OCH3 is 1. The summed E-state index contributed by atoms with van der Waals surface area (Å²) in [6, 6.07) is 15.7. The Morgan fingerprint density at radius 1 is 1.10 bits per heavy atom. The maximum absolute atomic E-state index is 11.5. The minimum Gasteiger partial charge on any atom is -0.508 e. The van der Waals surface area contributed by atoms with Gasteiger partial charge in [0, 0.05) is 24.2 Å². The number of nitrogens with zero attached hydrogens (tertiary/aromatic N) is 1. The number of ketones is 1. The van der Waals surface area contributed by atoms with E-state index in [4.69, 9.17) is 13.9 Å². The van der Waals surface area contributed by atoms with Crippen LogP contribution in [0.5, 0.6) is 17.2 Å². The molecule has 1 heterocycles. The smallest absolute Gasteiger partial charge is 0.161 e. The lowest BCUT2D eigenvalue weighted by Gasteiger charge is -2.25. The van der Waals surface area contributed by atoms with Crippen LogP contribution in [0.15, 0.2) is 65.3 Å². The Balaban J connectivity index is 1.65. The van der Waals surface area contributed by atoms with Gasteiger partial charge in [-0.15, -0.1) is 0 Å². The van der Waals surface area contributed by atoms with Gasteiger partial charge in [0.25, 0.3) is 0 Å². The lowest BCUT2D eigenvalue weighted by molar-refractivity contribution is 0.0593. The van der Waals surface area contributed by atoms with Gasteiger partial charge in [-0.1, -0.05) is 18.2 Å². The molecular weight excluding hydrogens is 398 g/mol. The second-order valence-corrected chi connectivity index (χ2v) is 7.26. The number of aliphatic hydroxyl groups excluding tert-OH is 1. The standard InChI is InChI=1S/C24H27NO6/c1-17(26)18-9-10-23(24(12-18)29-2)31-16-20(27)14-25(15-21-7-5-11-30-21)13-19-6-3-4-8-22(19)28/h3-12,20,27-28H,13-16H2,1-2H3/t20-/m0/s1. The van der Waals surface area contributed by atoms with E-state index < -0.39 is 6.10 Å². The van der Waals surface area contributed by atoms with E-state index in [9.17, 15) is 15.0 Å². The average Bonchev–Trinajstić information content (AvgIpc) is 3.26. The number of Topliss-reactive ketones (excluding diaryl/α,β-unsaturated/α-hetero) is 1. The number of aromatic hydroxyl groups is 1. The fraction of sp³-hybridized carbons (Fsp3) is 0.292. The van der Waals surface area contributed by atoms with Gasteiger partial charge in [-0.25, -0.2) is 0 Å². The first-order valence-corrected chi connectivity index (χ1v) is 9.97. The second-order valence-electron chi connectivity index (χ2n) is 7.26. The van der Waals surface area contributed by atoms with Gasteiger partial charge in [0.05, 0.1) is 19.9 Å². The Morgan fingerprint density at radius 2 is 1.90 bits per heavy atom. The van der Waals surface area contributed by atoms with E-state index in [1.54, 1.807) is 36.6 Å². The summed E-state index contributed by atoms with van der Waals surface area (Å²) in [4.78, 5) is 13.5. The maximum Gasteiger partial charge on any atom is 0.161 e. The van der Waals surface area contributed by atoms with Crippen molar-refractivity contribution >= 4 is 5.78 Å². The summed E-state index contributed by atoms with van der Waals surface area (Å²) >= 11 is 0. The number of hydrogen-bond acceptors (Lipinski definition) is 7. The molecule has 0 radical (unpaired) electrons. The van der Waals surface area contributed by atoms with Crippen molar-refractivity contribution in [1.82, 2.24) is 4.90 Å². The number of para-hydroxylation sites is 1. The van der Waals surface area contributed by atoms with Crippen LogP contribution in [0.1, 0.15) is 28.6 Å². The lowest BCUT2D eigenvalue weighted by Crippen LogP contribution is -2.35. The van der Waals surface area contributed by atoms with Gasteiger partial charge >= 0.3 is 0 Å². The van der Waals surface area contributed by atoms with E-state index in [0.717, 1.165) is 11.3 Å². The zero-order valence-electron chi connectivity index (χ0n) is 17.7. The van der Waals surface area contributed by atoms with Gasteiger partial charge in [0.15, 0.2) is 17.3 Å². The zero-order chi connectivity index (χ0) is 22.2. The highest BCUT2D eigenvalue weighted by molar-refractivity contribution is 5.94. The van der Waals surface area contributed by atoms with Gasteiger partial charge in [-0.05, 0) is 43.3 Å². The van der Waals surface area contributed by atoms with Gasteiger partial charge in [0.2, 0.25) is 0 Å². The Bertz CT molecular complexity index is 985. The number of rotatable bonds is 11. The number of carbonyl (C=O) groups excluding carboxylic acids is 1. The molecule has 3 rings (SSSR count). The quantitative estimate of drug-likeness (QED) is 0.453. The minimum atomic E-state index is -0.807. The van der Waals surface area contributed by atoms with Crippen molar-refractivity contribution in [3.63, 3.8) is 0 Å². The summed E-state index contributed by atoms with van der Waals surface area (Å²) < 4.78 is 16.5. The monoisotopic (exact) mass is 425 g/mol. The molecule has 164 valence electrons. The first kappa shape index (κ1) is 22.4. The molecule has 0 unspecified atom stereocenters. The third-order valence-electron chi connectivity index (χ3n) is 4.82. The second kappa shape index (κ2) is 10.7. The third kappa shape index (κ3) is 6.34. The van der Waals surface area contributed by atoms with Gasteiger partial charge in [-0.3, -0.25) is 9.69 Å². The predicted octanol–water partition coefficient (Wildman–Crippen LogP) is 3.64. The van der Waals surface area contributed by atoms with Crippen molar-refractivity contribution < 1.29 is 28.9 Å². The van der Waals surface area contributed by atoms with Crippen molar-refractivity contribution in [2.24, 2.45) is 0 Å². The Morgan fingerprint density at radius 3 is 2.58 bits per heavy atom. The third-order valence-corrected chi connectivity index (χ3v) is 4.82. The van der Waals surface area contributed by atoms with E-state index in [0.29, 0.717) is 36.7 Å². The molecule has 0 aliphatic rings. The maximum atomic E-state index is 11.5. The summed E-state index contributed by atoms with van der Waals surface area (Å²) in [6.07, 6.45) is 0.794. The highest BCUT2D eigenvalue weighted by Crippen LogP contribution is 2.28. The van der Waals surface area contributed by atoms with Crippen LogP contribution in [0.25, 0.3) is 0 Å². The van der Waals surface area contributed by atoms with Crippen molar-refractivity contribution in [1.29, 1.82) is 0 Å². The SMILES string of the molecule is COc1cc(C(C)=O)ccc1OC[C@@H](O)CN(Cc1ccco1)Cc1ccccc1O. The molecule has 2 N–H and O–H groups in total. The number of ether oxygens (including phenoxy) is 2. The first-order valence-electron chi connectivity index (χ1n) is 9.97. The molecule has 0 aliphatic heterocycles. The van der Waals surface area contributed by atoms with Crippen LogP contribution < -0.4 is 9.47 Å². The van der Waals surface area contributed by atoms with Crippen molar-refractivity contribution in [2.75, 3.05) is 20.3 Å². The number of benzene rings is 2. The summed E-state index contributed by atoms with van der Waals surface area (Å²) in [5.74, 6) is 1.77. The highest BCUT2D eigenvalue weighted by atomic mass is 16.5. The normalized spacial score (nSPS) is 12.0. The lowest BCUT2D eigenvalue weighted by atomic mass is 10.1. The predicted molar refractivity (Wildman–Crippen MR) is 115 cm³/mol. The molecule has 0 aliphatic carbocycles. The number of aliphatic hydroxyl groups is 1. The molecule has 0 bridgehead atoms. The fourth-order valence-electron chi connectivity index (χ4n) is 3.24. The molecule has 7 heteroatoms. The van der Waals surface area contributed by atoms with Crippen LogP contribution in [-0.4, -0.2) is 47.3 Å². The molecule has 7 nitrogen and oxygen atoms in total. The van der Waals surface area contributed by atoms with Crippen LogP contribution in [0.3, 0.4) is 0 Å². The number of phenols is 1. The van der Waals surface area contributed by atoms with Crippen molar-refractivity contribution in [2.45, 2.75) is 26.1 Å². The molecule has 0 saturated carbocycles.